The zero-order valence-electron chi connectivity index (χ0n) is 7.05. The van der Waals surface area contributed by atoms with Crippen LogP contribution >= 0.6 is 11.8 Å². The van der Waals surface area contributed by atoms with Crippen molar-refractivity contribution in [3.63, 3.8) is 0 Å². The van der Waals surface area contributed by atoms with Gasteiger partial charge in [-0.15, -0.1) is 0 Å². The number of halogens is 1. The molecule has 0 aliphatic carbocycles. The normalized spacial score (nSPS) is 16.5. The Labute approximate surface area is 80.3 Å². The van der Waals surface area contributed by atoms with Crippen LogP contribution in [0.2, 0.25) is 0 Å². The largest absolute Gasteiger partial charge is 0.294 e. The lowest BCUT2D eigenvalue weighted by atomic mass is 10.0. The molecule has 1 aliphatic rings. The van der Waals surface area contributed by atoms with E-state index in [0.29, 0.717) is 23.3 Å². The van der Waals surface area contributed by atoms with E-state index in [4.69, 9.17) is 0 Å². The van der Waals surface area contributed by atoms with Gasteiger partial charge < -0.3 is 0 Å². The molecule has 1 aromatic carbocycles. The van der Waals surface area contributed by atoms with Crippen LogP contribution < -0.4 is 0 Å². The Morgan fingerprint density at radius 2 is 2.23 bits per heavy atom. The summed E-state index contributed by atoms with van der Waals surface area (Å²) < 4.78 is 13.3. The van der Waals surface area contributed by atoms with E-state index >= 15 is 0 Å². The summed E-state index contributed by atoms with van der Waals surface area (Å²) in [6.45, 7) is 0. The topological polar surface area (TPSA) is 17.1 Å². The highest BCUT2D eigenvalue weighted by molar-refractivity contribution is 7.98. The molecule has 1 aliphatic heterocycles. The van der Waals surface area contributed by atoms with Gasteiger partial charge in [0.15, 0.2) is 5.78 Å². The van der Waals surface area contributed by atoms with Crippen molar-refractivity contribution in [2.24, 2.45) is 0 Å². The maximum Gasteiger partial charge on any atom is 0.164 e. The smallest absolute Gasteiger partial charge is 0.164 e. The zero-order valence-corrected chi connectivity index (χ0v) is 7.86. The highest BCUT2D eigenvalue weighted by atomic mass is 32.2. The lowest BCUT2D eigenvalue weighted by Gasteiger charge is -2.03. The molecule has 68 valence electrons. The lowest BCUT2D eigenvalue weighted by Crippen LogP contribution is -2.02. The summed E-state index contributed by atoms with van der Waals surface area (Å²) in [5.41, 5.74) is 1.15. The Bertz CT molecular complexity index is 349. The second kappa shape index (κ2) is 3.50. The number of hydrogen-bond donors (Lipinski definition) is 0. The number of thioether (sulfide) groups is 1. The summed E-state index contributed by atoms with van der Waals surface area (Å²) in [5, 5.41) is 0. The van der Waals surface area contributed by atoms with Crippen LogP contribution in [0.25, 0.3) is 0 Å². The molecular weight excluding hydrogens is 187 g/mol. The zero-order chi connectivity index (χ0) is 9.26. The molecule has 0 amide bonds. The van der Waals surface area contributed by atoms with E-state index < -0.39 is 0 Å². The second-order valence-corrected chi connectivity index (χ2v) is 4.10. The number of benzene rings is 1. The molecule has 1 aromatic rings. The number of carbonyl (C=O) groups excluding carboxylic acids is 1. The number of hydrogen-bond acceptors (Lipinski definition) is 2. The van der Waals surface area contributed by atoms with E-state index in [1.165, 1.54) is 6.07 Å². The first-order chi connectivity index (χ1) is 6.29. The molecular formula is C10H9FOS. The Hall–Kier alpha value is -0.830. The molecule has 0 unspecified atom stereocenters. The summed E-state index contributed by atoms with van der Waals surface area (Å²) in [7, 11) is 0. The molecule has 1 heterocycles. The average Bonchev–Trinajstić information content (AvgIpc) is 2.30. The van der Waals surface area contributed by atoms with Crippen molar-refractivity contribution >= 4 is 17.5 Å². The molecule has 0 saturated carbocycles. The fourth-order valence-corrected chi connectivity index (χ4v) is 2.41. The monoisotopic (exact) mass is 196 g/mol. The van der Waals surface area contributed by atoms with Gasteiger partial charge in [0, 0.05) is 29.1 Å². The second-order valence-electron chi connectivity index (χ2n) is 2.99. The third-order valence-electron chi connectivity index (χ3n) is 2.14. The van der Waals surface area contributed by atoms with E-state index in [-0.39, 0.29) is 11.6 Å². The molecule has 0 spiro atoms. The first-order valence-electron chi connectivity index (χ1n) is 4.17. The van der Waals surface area contributed by atoms with Gasteiger partial charge >= 0.3 is 0 Å². The predicted molar refractivity (Wildman–Crippen MR) is 51.5 cm³/mol. The minimum Gasteiger partial charge on any atom is -0.294 e. The summed E-state index contributed by atoms with van der Waals surface area (Å²) >= 11 is 1.62. The van der Waals surface area contributed by atoms with E-state index in [9.17, 15) is 9.18 Å². The molecule has 0 N–H and O–H groups in total. The molecule has 0 bridgehead atoms. The van der Waals surface area contributed by atoms with Crippen molar-refractivity contribution in [2.75, 3.05) is 5.75 Å². The van der Waals surface area contributed by atoms with Gasteiger partial charge in [0.2, 0.25) is 0 Å². The quantitative estimate of drug-likeness (QED) is 0.634. The van der Waals surface area contributed by atoms with Crippen LogP contribution in [-0.4, -0.2) is 11.5 Å². The summed E-state index contributed by atoms with van der Waals surface area (Å²) in [6.07, 6.45) is 0.529. The molecule has 13 heavy (non-hydrogen) atoms. The molecule has 3 heteroatoms. The summed E-state index contributed by atoms with van der Waals surface area (Å²) in [5.74, 6) is 1.24. The van der Waals surface area contributed by atoms with Crippen molar-refractivity contribution in [3.8, 4) is 0 Å². The van der Waals surface area contributed by atoms with E-state index in [0.717, 1.165) is 5.75 Å². The number of Topliss-reactive ketones (excluding diaryl/α,β-unsaturated/α-hetero) is 1. The molecule has 2 rings (SSSR count). The van der Waals surface area contributed by atoms with Crippen LogP contribution in [0.5, 0.6) is 0 Å². The summed E-state index contributed by atoms with van der Waals surface area (Å²) in [6, 6.07) is 4.73. The van der Waals surface area contributed by atoms with Crippen molar-refractivity contribution in [1.82, 2.24) is 0 Å². The fourth-order valence-electron chi connectivity index (χ4n) is 1.44. The fraction of sp³-hybridized carbons (Fsp3) is 0.300. The Kier molecular flexibility index (Phi) is 2.36. The van der Waals surface area contributed by atoms with Crippen LogP contribution in [-0.2, 0) is 5.75 Å². The first-order valence-corrected chi connectivity index (χ1v) is 5.33. The van der Waals surface area contributed by atoms with Crippen LogP contribution in [0, 0.1) is 5.82 Å². The van der Waals surface area contributed by atoms with Crippen LogP contribution in [0.3, 0.4) is 0 Å². The molecule has 0 aromatic heterocycles. The standard InChI is InChI=1S/C10H9FOS/c11-9-3-1-2-7-8(9)6-13-5-4-10(7)12/h1-3H,4-6H2. The third-order valence-corrected chi connectivity index (χ3v) is 3.12. The molecule has 1 nitrogen and oxygen atoms in total. The molecule has 0 saturated heterocycles. The highest BCUT2D eigenvalue weighted by Crippen LogP contribution is 2.25. The molecule has 0 fully saturated rings. The van der Waals surface area contributed by atoms with Gasteiger partial charge in [-0.3, -0.25) is 4.79 Å². The minimum absolute atomic E-state index is 0.0690. The van der Waals surface area contributed by atoms with E-state index in [1.54, 1.807) is 23.9 Å². The van der Waals surface area contributed by atoms with Gasteiger partial charge in [-0.1, -0.05) is 12.1 Å². The van der Waals surface area contributed by atoms with E-state index in [1.807, 2.05) is 0 Å². The van der Waals surface area contributed by atoms with Gasteiger partial charge in [0.05, 0.1) is 0 Å². The van der Waals surface area contributed by atoms with Crippen LogP contribution in [0.4, 0.5) is 4.39 Å². The Morgan fingerprint density at radius 1 is 1.38 bits per heavy atom. The van der Waals surface area contributed by atoms with Crippen molar-refractivity contribution < 1.29 is 9.18 Å². The Balaban J connectivity index is 2.54. The number of rotatable bonds is 0. The summed E-state index contributed by atoms with van der Waals surface area (Å²) in [4.78, 5) is 11.5. The molecule has 0 atom stereocenters. The molecule has 0 radical (unpaired) electrons. The SMILES string of the molecule is O=C1CCSCc2c(F)cccc21. The lowest BCUT2D eigenvalue weighted by molar-refractivity contribution is 0.0989. The third kappa shape index (κ3) is 1.61. The number of fused-ring (bicyclic) bond motifs is 1. The van der Waals surface area contributed by atoms with Crippen molar-refractivity contribution in [1.29, 1.82) is 0 Å². The maximum absolute atomic E-state index is 13.3. The van der Waals surface area contributed by atoms with Gasteiger partial charge in [0.1, 0.15) is 5.82 Å². The van der Waals surface area contributed by atoms with Crippen LogP contribution in [0.15, 0.2) is 18.2 Å². The first kappa shape index (κ1) is 8.75. The van der Waals surface area contributed by atoms with Gasteiger partial charge in [-0.05, 0) is 6.07 Å². The number of carbonyl (C=O) groups is 1. The average molecular weight is 196 g/mol. The Morgan fingerprint density at radius 3 is 3.08 bits per heavy atom. The van der Waals surface area contributed by atoms with Crippen molar-refractivity contribution in [2.45, 2.75) is 12.2 Å². The van der Waals surface area contributed by atoms with Gasteiger partial charge in [-0.25, -0.2) is 4.39 Å². The predicted octanol–water partition coefficient (Wildman–Crippen LogP) is 2.65. The van der Waals surface area contributed by atoms with Gasteiger partial charge in [0.25, 0.3) is 0 Å². The highest BCUT2D eigenvalue weighted by Gasteiger charge is 2.17. The van der Waals surface area contributed by atoms with E-state index in [2.05, 4.69) is 0 Å². The number of ketones is 1. The van der Waals surface area contributed by atoms with Crippen molar-refractivity contribution in [3.05, 3.63) is 35.1 Å². The van der Waals surface area contributed by atoms with Gasteiger partial charge in [-0.2, -0.15) is 11.8 Å². The minimum atomic E-state index is -0.250. The maximum atomic E-state index is 13.3. The van der Waals surface area contributed by atoms with Crippen LogP contribution in [0.1, 0.15) is 22.3 Å².